The summed E-state index contributed by atoms with van der Waals surface area (Å²) in [4.78, 5) is 42.6. The highest BCUT2D eigenvalue weighted by atomic mass is 16.5. The lowest BCUT2D eigenvalue weighted by atomic mass is 9.96. The van der Waals surface area contributed by atoms with Gasteiger partial charge in [0.25, 0.3) is 0 Å². The maximum atomic E-state index is 13.4. The number of amides is 2. The molecule has 0 radical (unpaired) electrons. The first-order valence-corrected chi connectivity index (χ1v) is 12.3. The van der Waals surface area contributed by atoms with Crippen molar-refractivity contribution >= 4 is 17.8 Å². The predicted molar refractivity (Wildman–Crippen MR) is 128 cm³/mol. The Hall–Kier alpha value is -1.89. The van der Waals surface area contributed by atoms with Gasteiger partial charge in [-0.05, 0) is 58.9 Å². The van der Waals surface area contributed by atoms with Crippen LogP contribution >= 0.6 is 0 Å². The molecule has 0 aromatic heterocycles. The van der Waals surface area contributed by atoms with E-state index in [0.29, 0.717) is 24.6 Å². The lowest BCUT2D eigenvalue weighted by molar-refractivity contribution is -0.140. The SMILES string of the molecule is CCOC(=O)/C(C)=C/C(CC)N(C)C(=O)[C@@H](NC(=O)C1CCCCN1C(C)CC)C(C)C. The molecule has 7 nitrogen and oxygen atoms in total. The number of carbonyl (C=O) groups excluding carboxylic acids is 3. The van der Waals surface area contributed by atoms with Crippen molar-refractivity contribution in [3.05, 3.63) is 11.6 Å². The molecule has 0 saturated carbocycles. The number of nitrogens with zero attached hydrogens (tertiary/aromatic N) is 2. The second-order valence-electron chi connectivity index (χ2n) is 9.23. The Morgan fingerprint density at radius 3 is 2.31 bits per heavy atom. The Morgan fingerprint density at radius 2 is 1.78 bits per heavy atom. The molecule has 1 saturated heterocycles. The van der Waals surface area contributed by atoms with Gasteiger partial charge in [0.15, 0.2) is 0 Å². The van der Waals surface area contributed by atoms with Crippen LogP contribution < -0.4 is 5.32 Å². The first kappa shape index (κ1) is 28.1. The molecule has 184 valence electrons. The van der Waals surface area contributed by atoms with Gasteiger partial charge in [-0.1, -0.05) is 40.2 Å². The van der Waals surface area contributed by atoms with E-state index in [0.717, 1.165) is 32.2 Å². The van der Waals surface area contributed by atoms with Crippen molar-refractivity contribution in [1.29, 1.82) is 0 Å². The first-order valence-electron chi connectivity index (χ1n) is 12.3. The van der Waals surface area contributed by atoms with Gasteiger partial charge in [-0.25, -0.2) is 4.79 Å². The fourth-order valence-electron chi connectivity index (χ4n) is 4.25. The number of hydrogen-bond donors (Lipinski definition) is 1. The monoisotopic (exact) mass is 451 g/mol. The molecule has 1 rings (SSSR count). The predicted octanol–water partition coefficient (Wildman–Crippen LogP) is 3.53. The fraction of sp³-hybridized carbons (Fsp3) is 0.800. The molecular formula is C25H45N3O4. The molecule has 0 aliphatic carbocycles. The van der Waals surface area contributed by atoms with Crippen molar-refractivity contribution in [3.8, 4) is 0 Å². The lowest BCUT2D eigenvalue weighted by Gasteiger charge is -2.40. The zero-order valence-electron chi connectivity index (χ0n) is 21.4. The van der Waals surface area contributed by atoms with Crippen LogP contribution in [-0.2, 0) is 19.1 Å². The zero-order chi connectivity index (χ0) is 24.4. The number of ether oxygens (including phenoxy) is 1. The van der Waals surface area contributed by atoms with Crippen LogP contribution in [0.3, 0.4) is 0 Å². The molecule has 1 fully saturated rings. The standard InChI is InChI=1S/C25H45N3O4/c1-9-19(7)28-15-13-12-14-21(28)23(29)26-22(17(4)5)24(30)27(8)20(10-2)16-18(6)25(31)32-11-3/h16-17,19-22H,9-15H2,1-8H3,(H,26,29)/b18-16+/t19?,20?,21?,22-/m0/s1. The van der Waals surface area contributed by atoms with Gasteiger partial charge in [0.2, 0.25) is 11.8 Å². The number of piperidine rings is 1. The second-order valence-corrected chi connectivity index (χ2v) is 9.23. The third-order valence-electron chi connectivity index (χ3n) is 6.54. The molecular weight excluding hydrogens is 406 g/mol. The van der Waals surface area contributed by atoms with E-state index in [9.17, 15) is 14.4 Å². The topological polar surface area (TPSA) is 79.0 Å². The summed E-state index contributed by atoms with van der Waals surface area (Å²) in [6.45, 7) is 14.9. The van der Waals surface area contributed by atoms with Crippen LogP contribution in [0.1, 0.15) is 80.6 Å². The van der Waals surface area contributed by atoms with Crippen LogP contribution in [0.5, 0.6) is 0 Å². The van der Waals surface area contributed by atoms with E-state index >= 15 is 0 Å². The third kappa shape index (κ3) is 7.61. The Labute approximate surface area is 194 Å². The van der Waals surface area contributed by atoms with E-state index in [2.05, 4.69) is 24.1 Å². The van der Waals surface area contributed by atoms with Crippen molar-refractivity contribution in [1.82, 2.24) is 15.1 Å². The summed E-state index contributed by atoms with van der Waals surface area (Å²) in [6.07, 6.45) is 6.38. The largest absolute Gasteiger partial charge is 0.463 e. The second kappa shape index (κ2) is 13.6. The lowest BCUT2D eigenvalue weighted by Crippen LogP contribution is -2.58. The van der Waals surface area contributed by atoms with Crippen molar-refractivity contribution in [2.24, 2.45) is 5.92 Å². The van der Waals surface area contributed by atoms with Crippen LogP contribution in [0.25, 0.3) is 0 Å². The van der Waals surface area contributed by atoms with E-state index in [1.165, 1.54) is 0 Å². The summed E-state index contributed by atoms with van der Waals surface area (Å²) in [5.41, 5.74) is 0.481. The van der Waals surface area contributed by atoms with Crippen LogP contribution in [0.15, 0.2) is 11.6 Å². The van der Waals surface area contributed by atoms with Crippen molar-refractivity contribution in [2.75, 3.05) is 20.2 Å². The van der Waals surface area contributed by atoms with Crippen LogP contribution in [-0.4, -0.2) is 72.0 Å². The molecule has 0 bridgehead atoms. The summed E-state index contributed by atoms with van der Waals surface area (Å²) in [5, 5.41) is 3.07. The number of likely N-dealkylation sites (N-methyl/N-ethyl adjacent to an activating group) is 1. The molecule has 1 N–H and O–H groups in total. The third-order valence-corrected chi connectivity index (χ3v) is 6.54. The molecule has 3 unspecified atom stereocenters. The molecule has 32 heavy (non-hydrogen) atoms. The van der Waals surface area contributed by atoms with E-state index < -0.39 is 6.04 Å². The molecule has 1 aliphatic heterocycles. The molecule has 2 amide bonds. The minimum absolute atomic E-state index is 0.0535. The molecule has 0 aromatic carbocycles. The first-order chi connectivity index (χ1) is 15.1. The van der Waals surface area contributed by atoms with Crippen LogP contribution in [0, 0.1) is 5.92 Å². The van der Waals surface area contributed by atoms with Gasteiger partial charge in [0, 0.05) is 18.7 Å². The number of carbonyl (C=O) groups is 3. The molecule has 1 heterocycles. The highest BCUT2D eigenvalue weighted by Gasteiger charge is 2.35. The summed E-state index contributed by atoms with van der Waals surface area (Å²) >= 11 is 0. The quantitative estimate of drug-likeness (QED) is 0.384. The minimum Gasteiger partial charge on any atom is -0.463 e. The molecule has 7 heteroatoms. The number of nitrogens with one attached hydrogen (secondary N) is 1. The fourth-order valence-corrected chi connectivity index (χ4v) is 4.25. The van der Waals surface area contributed by atoms with Gasteiger partial charge in [0.1, 0.15) is 6.04 Å². The molecule has 0 spiro atoms. The maximum absolute atomic E-state index is 13.4. The maximum Gasteiger partial charge on any atom is 0.333 e. The highest BCUT2D eigenvalue weighted by molar-refractivity contribution is 5.91. The van der Waals surface area contributed by atoms with Gasteiger partial charge >= 0.3 is 5.97 Å². The van der Waals surface area contributed by atoms with Gasteiger partial charge in [-0.2, -0.15) is 0 Å². The smallest absolute Gasteiger partial charge is 0.333 e. The Morgan fingerprint density at radius 1 is 1.12 bits per heavy atom. The summed E-state index contributed by atoms with van der Waals surface area (Å²) < 4.78 is 5.06. The normalized spacial score (nSPS) is 20.4. The summed E-state index contributed by atoms with van der Waals surface area (Å²) in [5.74, 6) is -0.624. The van der Waals surface area contributed by atoms with Crippen molar-refractivity contribution in [3.63, 3.8) is 0 Å². The number of hydrogen-bond acceptors (Lipinski definition) is 5. The van der Waals surface area contributed by atoms with Gasteiger partial charge < -0.3 is 15.0 Å². The number of rotatable bonds is 11. The average molecular weight is 452 g/mol. The van der Waals surface area contributed by atoms with E-state index in [4.69, 9.17) is 4.74 Å². The molecule has 1 aliphatic rings. The van der Waals surface area contributed by atoms with Crippen LogP contribution in [0.2, 0.25) is 0 Å². The minimum atomic E-state index is -0.612. The molecule has 0 aromatic rings. The van der Waals surface area contributed by atoms with Gasteiger partial charge in [-0.3, -0.25) is 14.5 Å². The highest BCUT2D eigenvalue weighted by Crippen LogP contribution is 2.22. The summed E-state index contributed by atoms with van der Waals surface area (Å²) in [7, 11) is 1.74. The van der Waals surface area contributed by atoms with E-state index in [1.54, 1.807) is 31.9 Å². The Kier molecular flexibility index (Phi) is 12.0. The number of esters is 1. The van der Waals surface area contributed by atoms with Crippen molar-refractivity contribution in [2.45, 2.75) is 105 Å². The Balaban J connectivity index is 2.99. The summed E-state index contributed by atoms with van der Waals surface area (Å²) in [6, 6.07) is -0.719. The van der Waals surface area contributed by atoms with E-state index in [1.807, 2.05) is 20.8 Å². The van der Waals surface area contributed by atoms with Crippen LogP contribution in [0.4, 0.5) is 0 Å². The van der Waals surface area contributed by atoms with E-state index in [-0.39, 0.29) is 35.8 Å². The van der Waals surface area contributed by atoms with Crippen molar-refractivity contribution < 1.29 is 19.1 Å². The van der Waals surface area contributed by atoms with Gasteiger partial charge in [0.05, 0.1) is 18.7 Å². The Bertz CT molecular complexity index is 662. The zero-order valence-corrected chi connectivity index (χ0v) is 21.4. The number of likely N-dealkylation sites (tertiary alicyclic amines) is 1. The van der Waals surface area contributed by atoms with Gasteiger partial charge in [-0.15, -0.1) is 0 Å². The molecule has 4 atom stereocenters. The average Bonchev–Trinajstić information content (AvgIpc) is 2.78.